The van der Waals surface area contributed by atoms with Crippen LogP contribution < -0.4 is 0 Å². The van der Waals surface area contributed by atoms with Gasteiger partial charge in [-0.2, -0.15) is 10.0 Å². The van der Waals surface area contributed by atoms with Crippen LogP contribution in [-0.4, -0.2) is 27.5 Å². The standard InChI is InChI=1S/C4H5N3O3/c8-3-1-2-7(6-10)4(9)5-3/h1-2,4,9H,(H,5,8). The van der Waals surface area contributed by atoms with E-state index in [1.807, 2.05) is 0 Å². The van der Waals surface area contributed by atoms with Crippen LogP contribution in [0.1, 0.15) is 0 Å². The van der Waals surface area contributed by atoms with Crippen molar-refractivity contribution in [2.45, 2.75) is 6.35 Å². The zero-order valence-electron chi connectivity index (χ0n) is 4.88. The number of hydrogen-bond acceptors (Lipinski definition) is 4. The van der Waals surface area contributed by atoms with Gasteiger partial charge in [0.25, 0.3) is 6.35 Å². The summed E-state index contributed by atoms with van der Waals surface area (Å²) in [7, 11) is 0. The van der Waals surface area contributed by atoms with Gasteiger partial charge in [0, 0.05) is 12.3 Å². The molecule has 0 fully saturated rings. The van der Waals surface area contributed by atoms with Crippen molar-refractivity contribution in [3.63, 3.8) is 0 Å². The molecule has 2 N–H and O–H groups in total. The number of hydrogen-bond donors (Lipinski definition) is 2. The van der Waals surface area contributed by atoms with Crippen molar-refractivity contribution in [3.8, 4) is 0 Å². The zero-order chi connectivity index (χ0) is 7.56. The van der Waals surface area contributed by atoms with E-state index in [2.05, 4.69) is 10.3 Å². The monoisotopic (exact) mass is 143 g/mol. The van der Waals surface area contributed by atoms with Crippen molar-refractivity contribution >= 4 is 5.90 Å². The molecule has 0 amide bonds. The number of nitroso groups, excluding NO2 is 1. The first kappa shape index (κ1) is 6.69. The van der Waals surface area contributed by atoms with Gasteiger partial charge in [0.2, 0.25) is 5.90 Å². The maximum absolute atomic E-state index is 9.79. The molecule has 0 bridgehead atoms. The van der Waals surface area contributed by atoms with E-state index < -0.39 is 6.35 Å². The van der Waals surface area contributed by atoms with Crippen molar-refractivity contribution in [1.82, 2.24) is 5.01 Å². The minimum absolute atomic E-state index is 0.326. The van der Waals surface area contributed by atoms with Crippen molar-refractivity contribution in [3.05, 3.63) is 17.2 Å². The lowest BCUT2D eigenvalue weighted by Crippen LogP contribution is -2.27. The number of aliphatic hydroxyl groups excluding tert-OH is 2. The minimum atomic E-state index is -1.40. The predicted octanol–water partition coefficient (Wildman–Crippen LogP) is -0.270. The van der Waals surface area contributed by atoms with Crippen LogP contribution in [0.5, 0.6) is 0 Å². The molecule has 54 valence electrons. The number of aliphatic imine (C=N–C) groups is 1. The van der Waals surface area contributed by atoms with Gasteiger partial charge in [0.1, 0.15) is 0 Å². The molecule has 1 aliphatic rings. The zero-order valence-corrected chi connectivity index (χ0v) is 4.88. The lowest BCUT2D eigenvalue weighted by Gasteiger charge is -2.16. The largest absolute Gasteiger partial charge is 0.493 e. The second kappa shape index (κ2) is 2.44. The van der Waals surface area contributed by atoms with E-state index in [-0.39, 0.29) is 5.90 Å². The van der Waals surface area contributed by atoms with Gasteiger partial charge < -0.3 is 10.2 Å². The molecule has 1 heterocycles. The van der Waals surface area contributed by atoms with E-state index in [9.17, 15) is 4.91 Å². The Bertz CT molecular complexity index is 200. The highest BCUT2D eigenvalue weighted by molar-refractivity contribution is 5.86. The molecule has 1 atom stereocenters. The summed E-state index contributed by atoms with van der Waals surface area (Å²) in [6.45, 7) is 0. The first-order valence-corrected chi connectivity index (χ1v) is 2.48. The molecule has 0 aliphatic carbocycles. The van der Waals surface area contributed by atoms with Crippen molar-refractivity contribution in [1.29, 1.82) is 0 Å². The Morgan fingerprint density at radius 3 is 3.00 bits per heavy atom. The molecule has 0 saturated heterocycles. The molecule has 10 heavy (non-hydrogen) atoms. The lowest BCUT2D eigenvalue weighted by atomic mass is 10.5. The summed E-state index contributed by atoms with van der Waals surface area (Å²) >= 11 is 0. The highest BCUT2D eigenvalue weighted by atomic mass is 16.4. The highest BCUT2D eigenvalue weighted by Gasteiger charge is 2.14. The molecule has 6 heteroatoms. The van der Waals surface area contributed by atoms with Gasteiger partial charge in [-0.15, -0.1) is 4.91 Å². The summed E-state index contributed by atoms with van der Waals surface area (Å²) in [5.41, 5.74) is 0. The summed E-state index contributed by atoms with van der Waals surface area (Å²) in [6.07, 6.45) is 0.871. The Hall–Kier alpha value is -1.43. The minimum Gasteiger partial charge on any atom is -0.493 e. The molecule has 0 spiro atoms. The molecule has 1 unspecified atom stereocenters. The molecule has 0 saturated carbocycles. The quantitative estimate of drug-likeness (QED) is 0.494. The molecular formula is C4H5N3O3. The van der Waals surface area contributed by atoms with Crippen LogP contribution in [-0.2, 0) is 0 Å². The summed E-state index contributed by atoms with van der Waals surface area (Å²) in [4.78, 5) is 13.0. The fourth-order valence-electron chi connectivity index (χ4n) is 0.510. The summed E-state index contributed by atoms with van der Waals surface area (Å²) in [5, 5.41) is 20.5. The van der Waals surface area contributed by atoms with E-state index >= 15 is 0 Å². The average molecular weight is 143 g/mol. The van der Waals surface area contributed by atoms with Crippen molar-refractivity contribution in [2.24, 2.45) is 10.3 Å². The van der Waals surface area contributed by atoms with E-state index in [1.54, 1.807) is 0 Å². The normalized spacial score (nSPS) is 24.3. The van der Waals surface area contributed by atoms with Crippen LogP contribution in [0.2, 0.25) is 0 Å². The lowest BCUT2D eigenvalue weighted by molar-refractivity contribution is 0.0426. The number of rotatable bonds is 1. The number of aliphatic hydroxyl groups is 2. The van der Waals surface area contributed by atoms with E-state index in [0.717, 1.165) is 12.3 Å². The van der Waals surface area contributed by atoms with Gasteiger partial charge in [-0.25, -0.2) is 0 Å². The molecule has 0 aromatic carbocycles. The molecule has 0 aromatic heterocycles. The van der Waals surface area contributed by atoms with Gasteiger partial charge in [-0.1, -0.05) is 0 Å². The Balaban J connectivity index is 2.73. The SMILES string of the molecule is O=NN1C=CC(O)=NC1O. The van der Waals surface area contributed by atoms with Gasteiger partial charge >= 0.3 is 0 Å². The second-order valence-corrected chi connectivity index (χ2v) is 1.61. The van der Waals surface area contributed by atoms with E-state index in [4.69, 9.17) is 10.2 Å². The van der Waals surface area contributed by atoms with Gasteiger partial charge in [-0.05, 0) is 0 Å². The van der Waals surface area contributed by atoms with Crippen LogP contribution in [0.25, 0.3) is 0 Å². The van der Waals surface area contributed by atoms with Crippen LogP contribution in [0.3, 0.4) is 0 Å². The van der Waals surface area contributed by atoms with E-state index in [0.29, 0.717) is 5.01 Å². The average Bonchev–Trinajstić information content (AvgIpc) is 1.88. The van der Waals surface area contributed by atoms with Crippen LogP contribution >= 0.6 is 0 Å². The highest BCUT2D eigenvalue weighted by Crippen LogP contribution is 2.04. The molecule has 1 rings (SSSR count). The molecule has 0 aromatic rings. The first-order chi connectivity index (χ1) is 4.74. The molecular weight excluding hydrogens is 138 g/mol. The number of nitrogens with zero attached hydrogens (tertiary/aromatic N) is 3. The van der Waals surface area contributed by atoms with Gasteiger partial charge in [0.05, 0.1) is 5.29 Å². The fourth-order valence-corrected chi connectivity index (χ4v) is 0.510. The third kappa shape index (κ3) is 1.11. The summed E-state index contributed by atoms with van der Waals surface area (Å²) in [6, 6.07) is 0. The Morgan fingerprint density at radius 1 is 1.80 bits per heavy atom. The Kier molecular flexibility index (Phi) is 1.63. The Labute approximate surface area is 56.0 Å². The maximum Gasteiger partial charge on any atom is 0.250 e. The van der Waals surface area contributed by atoms with E-state index in [1.165, 1.54) is 0 Å². The summed E-state index contributed by atoms with van der Waals surface area (Å²) < 4.78 is 0. The maximum atomic E-state index is 9.79. The Morgan fingerprint density at radius 2 is 2.50 bits per heavy atom. The smallest absolute Gasteiger partial charge is 0.250 e. The van der Waals surface area contributed by atoms with Crippen molar-refractivity contribution in [2.75, 3.05) is 0 Å². The molecule has 6 nitrogen and oxygen atoms in total. The topological polar surface area (TPSA) is 85.5 Å². The molecule has 1 aliphatic heterocycles. The van der Waals surface area contributed by atoms with Gasteiger partial charge in [-0.3, -0.25) is 0 Å². The van der Waals surface area contributed by atoms with Crippen molar-refractivity contribution < 1.29 is 10.2 Å². The third-order valence-corrected chi connectivity index (χ3v) is 0.955. The first-order valence-electron chi connectivity index (χ1n) is 2.48. The summed E-state index contributed by atoms with van der Waals surface area (Å²) in [5.74, 6) is -0.326. The van der Waals surface area contributed by atoms with Crippen LogP contribution in [0.15, 0.2) is 22.6 Å². The van der Waals surface area contributed by atoms with Crippen LogP contribution in [0.4, 0.5) is 0 Å². The second-order valence-electron chi connectivity index (χ2n) is 1.61. The third-order valence-electron chi connectivity index (χ3n) is 0.955. The van der Waals surface area contributed by atoms with Gasteiger partial charge in [0.15, 0.2) is 0 Å². The molecule has 0 radical (unpaired) electrons. The van der Waals surface area contributed by atoms with Crippen LogP contribution in [0, 0.1) is 4.91 Å². The fraction of sp³-hybridized carbons (Fsp3) is 0.250. The predicted molar refractivity (Wildman–Crippen MR) is 32.8 cm³/mol.